The molecule has 4 fully saturated rings. The molecule has 528 valence electrons. The largest absolute Gasteiger partial charge is 0.489 e. The van der Waals surface area contributed by atoms with Gasteiger partial charge in [0.2, 0.25) is 0 Å². The summed E-state index contributed by atoms with van der Waals surface area (Å²) >= 11 is 1.81. The van der Waals surface area contributed by atoms with Gasteiger partial charge in [-0.3, -0.25) is 29.0 Å². The number of carbonyl (C=O) groups is 6. The average molecular weight is 1430 g/mol. The molecule has 99 heavy (non-hydrogen) atoms. The number of hydrogen-bond donors (Lipinski definition) is 10. The van der Waals surface area contributed by atoms with Crippen LogP contribution in [0.25, 0.3) is 22.3 Å². The molecule has 0 aliphatic carbocycles. The zero-order valence-electron chi connectivity index (χ0n) is 54.5. The Bertz CT molecular complexity index is 3900. The minimum Gasteiger partial charge on any atom is -0.489 e. The Kier molecular flexibility index (Phi) is 22.1. The lowest BCUT2D eigenvalue weighted by molar-refractivity contribution is -0.661. The van der Waals surface area contributed by atoms with Gasteiger partial charge in [-0.25, -0.2) is 28.7 Å². The van der Waals surface area contributed by atoms with Crippen molar-refractivity contribution in [2.45, 2.75) is 63.1 Å². The number of nitrogens with two attached hydrogens (primary N) is 4. The highest BCUT2D eigenvalue weighted by Crippen LogP contribution is 2.37. The molecular weight excluding hydrogens is 1350 g/mol. The van der Waals surface area contributed by atoms with Crippen molar-refractivity contribution in [3.63, 3.8) is 0 Å². The van der Waals surface area contributed by atoms with E-state index in [2.05, 4.69) is 51.3 Å². The Labute approximate surface area is 575 Å². The molecule has 8 heterocycles. The van der Waals surface area contributed by atoms with Crippen LogP contribution in [-0.2, 0) is 71.5 Å². The van der Waals surface area contributed by atoms with Crippen molar-refractivity contribution in [1.29, 1.82) is 0 Å². The van der Waals surface area contributed by atoms with Crippen molar-refractivity contribution >= 4 is 102 Å². The van der Waals surface area contributed by atoms with E-state index in [1.807, 2.05) is 35.6 Å². The number of thiazole rings is 2. The fourth-order valence-electron chi connectivity index (χ4n) is 10.8. The summed E-state index contributed by atoms with van der Waals surface area (Å²) in [5.74, 6) is -4.49. The molecule has 4 saturated heterocycles. The number of carboxylic acids is 2. The number of aromatic nitrogens is 6. The van der Waals surface area contributed by atoms with Crippen LogP contribution < -0.4 is 72.6 Å². The summed E-state index contributed by atoms with van der Waals surface area (Å²) in [6, 6.07) is 10.5. The van der Waals surface area contributed by atoms with Gasteiger partial charge in [-0.1, -0.05) is 44.5 Å². The first-order valence-electron chi connectivity index (χ1n) is 30.9. The number of nitrogens with one attached hydrogen (secondary N) is 4. The molecule has 39 heteroatoms. The molecule has 0 radical (unpaired) electrons. The van der Waals surface area contributed by atoms with Crippen LogP contribution in [0, 0.1) is 11.8 Å². The molecule has 14 N–H and O–H groups in total. The first kappa shape index (κ1) is 71.9. The smallest absolute Gasteiger partial charge is 0.442 e. The monoisotopic (exact) mass is 1430 g/mol. The minimum atomic E-state index is -5.38. The Balaban J connectivity index is 0.722. The van der Waals surface area contributed by atoms with Crippen molar-refractivity contribution in [3.8, 4) is 33.8 Å². The molecule has 4 aliphatic rings. The number of ether oxygens (including phenoxy) is 2. The van der Waals surface area contributed by atoms with Crippen molar-refractivity contribution in [3.05, 3.63) is 95.5 Å². The number of nitrogen functional groups attached to an aromatic ring is 2. The zero-order valence-corrected chi connectivity index (χ0v) is 57.0. The number of nitrogens with zero attached hydrogens (tertiary/aromatic N) is 12. The molecule has 0 saturated carbocycles. The highest BCUT2D eigenvalue weighted by Gasteiger charge is 2.61. The normalized spacial score (nSPS) is 18.2. The summed E-state index contributed by atoms with van der Waals surface area (Å²) in [6.07, 6.45) is 3.78. The average Bonchev–Trinajstić information content (AvgIpc) is 1.15. The Morgan fingerprint density at radius 3 is 1.32 bits per heavy atom. The van der Waals surface area contributed by atoms with Crippen LogP contribution in [0.15, 0.2) is 94.4 Å². The van der Waals surface area contributed by atoms with Crippen LogP contribution in [-0.4, -0.2) is 210 Å². The van der Waals surface area contributed by atoms with Crippen LogP contribution in [0.3, 0.4) is 0 Å². The second-order valence-electron chi connectivity index (χ2n) is 24.5. The molecule has 4 aromatic heterocycles. The molecule has 0 bridgehead atoms. The van der Waals surface area contributed by atoms with Crippen LogP contribution in [0.5, 0.6) is 11.5 Å². The summed E-state index contributed by atoms with van der Waals surface area (Å²) in [5, 5.41) is 42.6. The molecule has 0 spiro atoms. The van der Waals surface area contributed by atoms with Crippen LogP contribution >= 0.6 is 22.7 Å². The number of aryl methyl sites for hydroxylation is 2. The van der Waals surface area contributed by atoms with Crippen molar-refractivity contribution in [2.75, 3.05) is 99.9 Å². The third kappa shape index (κ3) is 16.7. The minimum absolute atomic E-state index is 0.0165. The van der Waals surface area contributed by atoms with E-state index in [1.165, 1.54) is 38.5 Å². The van der Waals surface area contributed by atoms with Gasteiger partial charge in [-0.05, 0) is 63.1 Å². The maximum absolute atomic E-state index is 14.0. The zero-order chi connectivity index (χ0) is 71.1. The number of benzene rings is 2. The third-order valence-electron chi connectivity index (χ3n) is 16.5. The van der Waals surface area contributed by atoms with E-state index in [0.29, 0.717) is 48.1 Å². The molecule has 6 aromatic rings. The predicted octanol–water partition coefficient (Wildman–Crippen LogP) is -1.97. The van der Waals surface area contributed by atoms with E-state index < -0.39 is 106 Å². The number of oxime groups is 2. The topological polar surface area (TPSA) is 482 Å². The molecule has 4 atom stereocenters. The SMILES string of the molecule is C[n+]1cc(-c2ccc(OC[C@H](O/N=C(\C(=O)N[C@@H]3C(=O)N(OS(=O)(=O)ON4C(=O)[C@@H](NC(=O)/C(=N\O[C@@H](COc5ccc(-c6cnc(N(CCN)CC7CNC7)[n+](C)c6)cc5)C(=O)O)c5csc(N)n5)C4(C)C)C3(C)C)c3csc(N)n3)C(=O)O)cc2)cnc1N(CCN)CC1CNC1. The van der Waals surface area contributed by atoms with Crippen molar-refractivity contribution in [1.82, 2.24) is 51.3 Å². The molecule has 4 aliphatic heterocycles. The molecule has 10 rings (SSSR count). The van der Waals surface area contributed by atoms with Crippen LogP contribution in [0.2, 0.25) is 0 Å². The number of carbonyl (C=O) groups excluding carboxylic acids is 4. The van der Waals surface area contributed by atoms with E-state index in [-0.39, 0.29) is 33.1 Å². The second kappa shape index (κ2) is 30.5. The number of β-lactam (4-membered cyclic amide) rings is 2. The highest BCUT2D eigenvalue weighted by atomic mass is 32.3. The number of anilines is 4. The molecule has 36 nitrogen and oxygen atoms in total. The van der Waals surface area contributed by atoms with Gasteiger partial charge >= 0.3 is 34.2 Å². The number of carboxylic acid groups (broad SMARTS) is 2. The van der Waals surface area contributed by atoms with Crippen LogP contribution in [0.4, 0.5) is 22.2 Å². The fourth-order valence-corrected chi connectivity index (χ4v) is 12.8. The Hall–Kier alpha value is -9.87. The third-order valence-corrected chi connectivity index (χ3v) is 18.5. The predicted molar refractivity (Wildman–Crippen MR) is 356 cm³/mol. The van der Waals surface area contributed by atoms with Gasteiger partial charge in [-0.15, -0.1) is 31.2 Å². The quantitative estimate of drug-likeness (QED) is 0.00907. The van der Waals surface area contributed by atoms with Gasteiger partial charge < -0.3 is 73.6 Å². The van der Waals surface area contributed by atoms with Gasteiger partial charge in [-0.2, -0.15) is 18.5 Å². The van der Waals surface area contributed by atoms with Crippen LogP contribution in [0.1, 0.15) is 39.1 Å². The Morgan fingerprint density at radius 1 is 0.657 bits per heavy atom. The standard InChI is InChI=1S/C60H74N20O16S3/c1-59(2)47(71-49(81)45(41-31-97-55(63)69-41)73-93-43(53(85)86)29-91-39-11-7-35(8-12-39)37-23-67-57(75(5)27-37)77(17-15-61)25-33-19-65-20-33)51(83)79(59)95-99(89,90)96-80-52(84)48(60(80,3)4)72-50(82)46(42-32-98-56(64)70-42)74-94-44(54(87)88)30-92-40-13-9-36(10-14-40)38-24-68-58(76(6)28-38)78(18-16-62)26-34-21-66-22-34/h7-14,23-24,27-28,31-34,43-44,47-48,65-66H,15-22,25-26,29-30,61-62H2,1-6H3,(H6-2,63,64,69,70,71,72,81,82,85,86,87,88)/p+2/b73-45-,74-46-/t43-,44-,47+,48+/m0/s1. The van der Waals surface area contributed by atoms with Gasteiger partial charge in [0.25, 0.3) is 35.8 Å². The lowest BCUT2D eigenvalue weighted by Crippen LogP contribution is -2.78. The van der Waals surface area contributed by atoms with E-state index in [4.69, 9.17) is 60.6 Å². The van der Waals surface area contributed by atoms with Gasteiger partial charge in [0, 0.05) is 73.0 Å². The highest BCUT2D eigenvalue weighted by molar-refractivity contribution is 7.81. The first-order chi connectivity index (χ1) is 47.1. The fraction of sp³-hybridized carbons (Fsp3) is 0.433. The summed E-state index contributed by atoms with van der Waals surface area (Å²) in [6.45, 7) is 11.7. The summed E-state index contributed by atoms with van der Waals surface area (Å²) in [4.78, 5) is 113. The van der Waals surface area contributed by atoms with E-state index in [9.17, 15) is 47.4 Å². The maximum atomic E-state index is 14.0. The molecule has 4 amide bonds. The molecular formula is C60H76N20O16S3+2. The first-order valence-corrected chi connectivity index (χ1v) is 34.0. The van der Waals surface area contributed by atoms with Gasteiger partial charge in [0.15, 0.2) is 21.7 Å². The molecule has 0 unspecified atom stereocenters. The Morgan fingerprint density at radius 2 is 1.03 bits per heavy atom. The van der Waals surface area contributed by atoms with Gasteiger partial charge in [0.05, 0.1) is 63.7 Å². The number of aliphatic carboxylic acids is 2. The summed E-state index contributed by atoms with van der Waals surface area (Å²) in [5.41, 5.74) is 21.8. The van der Waals surface area contributed by atoms with E-state index in [1.54, 1.807) is 60.9 Å². The van der Waals surface area contributed by atoms with E-state index >= 15 is 0 Å². The number of rotatable bonds is 34. The van der Waals surface area contributed by atoms with Crippen molar-refractivity contribution in [2.24, 2.45) is 47.7 Å². The van der Waals surface area contributed by atoms with Gasteiger partial charge in [0.1, 0.15) is 60.6 Å². The molecule has 2 aromatic carbocycles. The van der Waals surface area contributed by atoms with Crippen molar-refractivity contribution < 1.29 is 84.2 Å². The number of amides is 4. The maximum Gasteiger partial charge on any atom is 0.442 e. The summed E-state index contributed by atoms with van der Waals surface area (Å²) in [7, 11) is -1.58. The second-order valence-corrected chi connectivity index (χ2v) is 27.4. The lowest BCUT2D eigenvalue weighted by atomic mass is 9.84. The summed E-state index contributed by atoms with van der Waals surface area (Å²) < 4.78 is 52.5. The number of hydrogen-bond acceptors (Lipinski definition) is 30. The lowest BCUT2D eigenvalue weighted by Gasteiger charge is -2.52. The number of hydroxylamine groups is 4. The van der Waals surface area contributed by atoms with E-state index in [0.717, 1.165) is 96.1 Å².